The zero-order valence-electron chi connectivity index (χ0n) is 15.2. The number of hydrogen-bond acceptors (Lipinski definition) is 4. The molecule has 0 saturated carbocycles. The molecule has 1 unspecified atom stereocenters. The number of carbonyl (C=O) groups is 1. The maximum atomic E-state index is 13.9. The molecule has 0 saturated heterocycles. The predicted octanol–water partition coefficient (Wildman–Crippen LogP) is 4.98. The number of para-hydroxylation sites is 1. The van der Waals surface area contributed by atoms with E-state index in [-0.39, 0.29) is 23.6 Å². The second-order valence-corrected chi connectivity index (χ2v) is 7.92. The molecule has 4 aromatic rings. The number of imidazole rings is 1. The summed E-state index contributed by atoms with van der Waals surface area (Å²) >= 11 is 1.49. The van der Waals surface area contributed by atoms with Gasteiger partial charge in [-0.05, 0) is 30.2 Å². The number of nitrogens with one attached hydrogen (secondary N) is 1. The second-order valence-electron chi connectivity index (χ2n) is 6.89. The van der Waals surface area contributed by atoms with Crippen molar-refractivity contribution >= 4 is 38.9 Å². The molecule has 0 aliphatic heterocycles. The highest BCUT2D eigenvalue weighted by molar-refractivity contribution is 7.21. The van der Waals surface area contributed by atoms with Crippen LogP contribution in [0.25, 0.3) is 26.6 Å². The minimum Gasteiger partial charge on any atom is -0.309 e. The number of halogens is 1. The Labute approximate surface area is 159 Å². The standard InChI is InChI=1S/C20H19FN4OS/c1-11(2)12(3)19(26)24-18-17(25-10-13(21)8-9-16(25)23-18)20-22-14-6-4-5-7-15(14)27-20/h4-12H,1-3H3,(H,24,26). The van der Waals surface area contributed by atoms with E-state index in [0.717, 1.165) is 10.2 Å². The third-order valence-electron chi connectivity index (χ3n) is 4.73. The van der Waals surface area contributed by atoms with E-state index in [9.17, 15) is 9.18 Å². The fourth-order valence-corrected chi connectivity index (χ4v) is 3.83. The van der Waals surface area contributed by atoms with Crippen molar-refractivity contribution < 1.29 is 9.18 Å². The Morgan fingerprint density at radius 2 is 1.93 bits per heavy atom. The molecule has 0 radical (unpaired) electrons. The topological polar surface area (TPSA) is 59.3 Å². The van der Waals surface area contributed by atoms with Crippen LogP contribution in [0.2, 0.25) is 0 Å². The summed E-state index contributed by atoms with van der Waals surface area (Å²) < 4.78 is 16.6. The van der Waals surface area contributed by atoms with E-state index in [1.807, 2.05) is 45.0 Å². The van der Waals surface area contributed by atoms with Gasteiger partial charge < -0.3 is 5.32 Å². The van der Waals surface area contributed by atoms with Crippen LogP contribution in [0.5, 0.6) is 0 Å². The van der Waals surface area contributed by atoms with Gasteiger partial charge in [-0.1, -0.05) is 32.9 Å². The lowest BCUT2D eigenvalue weighted by Crippen LogP contribution is -2.24. The molecule has 3 heterocycles. The Morgan fingerprint density at radius 3 is 2.67 bits per heavy atom. The van der Waals surface area contributed by atoms with Gasteiger partial charge in [0.25, 0.3) is 0 Å². The molecule has 5 nitrogen and oxygen atoms in total. The Morgan fingerprint density at radius 1 is 1.15 bits per heavy atom. The van der Waals surface area contributed by atoms with Crippen LogP contribution in [0.3, 0.4) is 0 Å². The van der Waals surface area contributed by atoms with Crippen molar-refractivity contribution in [3.63, 3.8) is 0 Å². The summed E-state index contributed by atoms with van der Waals surface area (Å²) in [7, 11) is 0. The molecular formula is C20H19FN4OS. The van der Waals surface area contributed by atoms with Gasteiger partial charge in [-0.25, -0.2) is 14.4 Å². The molecule has 4 rings (SSSR count). The van der Waals surface area contributed by atoms with E-state index in [2.05, 4.69) is 15.3 Å². The molecule has 7 heteroatoms. The highest BCUT2D eigenvalue weighted by atomic mass is 32.1. The maximum absolute atomic E-state index is 13.9. The van der Waals surface area contributed by atoms with Crippen LogP contribution in [0, 0.1) is 17.7 Å². The number of thiazole rings is 1. The molecule has 0 spiro atoms. The molecule has 1 atom stereocenters. The van der Waals surface area contributed by atoms with Gasteiger partial charge >= 0.3 is 0 Å². The SMILES string of the molecule is CC(C)C(C)C(=O)Nc1nc2ccc(F)cn2c1-c1nc2ccccc2s1. The normalized spacial score (nSPS) is 12.8. The Bertz CT molecular complexity index is 1110. The van der Waals surface area contributed by atoms with Gasteiger partial charge in [0, 0.05) is 12.1 Å². The van der Waals surface area contributed by atoms with Crippen molar-refractivity contribution in [3.8, 4) is 10.7 Å². The fraction of sp³-hybridized carbons (Fsp3) is 0.250. The van der Waals surface area contributed by atoms with Crippen molar-refractivity contribution in [1.82, 2.24) is 14.4 Å². The van der Waals surface area contributed by atoms with Gasteiger partial charge in [0.2, 0.25) is 5.91 Å². The first-order valence-electron chi connectivity index (χ1n) is 8.78. The number of benzene rings is 1. The number of amides is 1. The monoisotopic (exact) mass is 382 g/mol. The van der Waals surface area contributed by atoms with Gasteiger partial charge in [-0.3, -0.25) is 9.20 Å². The molecule has 1 aromatic carbocycles. The van der Waals surface area contributed by atoms with Crippen LogP contribution in [-0.4, -0.2) is 20.3 Å². The summed E-state index contributed by atoms with van der Waals surface area (Å²) in [5, 5.41) is 3.60. The van der Waals surface area contributed by atoms with Gasteiger partial charge in [0.1, 0.15) is 22.2 Å². The second kappa shape index (κ2) is 6.74. The Balaban J connectivity index is 1.88. The maximum Gasteiger partial charge on any atom is 0.228 e. The van der Waals surface area contributed by atoms with Crippen molar-refractivity contribution in [3.05, 3.63) is 48.4 Å². The first kappa shape index (κ1) is 17.6. The van der Waals surface area contributed by atoms with Crippen LogP contribution >= 0.6 is 11.3 Å². The number of carbonyl (C=O) groups excluding carboxylic acids is 1. The number of pyridine rings is 1. The van der Waals surface area contributed by atoms with Crippen LogP contribution in [0.15, 0.2) is 42.6 Å². The van der Waals surface area contributed by atoms with E-state index in [1.165, 1.54) is 23.6 Å². The molecule has 27 heavy (non-hydrogen) atoms. The summed E-state index contributed by atoms with van der Waals surface area (Å²) in [5.41, 5.74) is 2.00. The first-order valence-corrected chi connectivity index (χ1v) is 9.60. The molecule has 0 fully saturated rings. The molecular weight excluding hydrogens is 363 g/mol. The Hall–Kier alpha value is -2.80. The quantitative estimate of drug-likeness (QED) is 0.541. The molecule has 3 aromatic heterocycles. The summed E-state index contributed by atoms with van der Waals surface area (Å²) in [4.78, 5) is 21.8. The van der Waals surface area contributed by atoms with Gasteiger partial charge in [-0.2, -0.15) is 0 Å². The highest BCUT2D eigenvalue weighted by Crippen LogP contribution is 2.35. The van der Waals surface area contributed by atoms with Crippen LogP contribution in [0.1, 0.15) is 20.8 Å². The molecule has 0 bridgehead atoms. The molecule has 0 aliphatic rings. The van der Waals surface area contributed by atoms with Crippen molar-refractivity contribution in [2.75, 3.05) is 5.32 Å². The predicted molar refractivity (Wildman–Crippen MR) is 106 cm³/mol. The lowest BCUT2D eigenvalue weighted by molar-refractivity contribution is -0.120. The van der Waals surface area contributed by atoms with Crippen LogP contribution in [-0.2, 0) is 4.79 Å². The number of rotatable bonds is 4. The van der Waals surface area contributed by atoms with Gasteiger partial charge in [0.15, 0.2) is 5.82 Å². The average Bonchev–Trinajstić information content (AvgIpc) is 3.20. The molecule has 1 N–H and O–H groups in total. The average molecular weight is 382 g/mol. The zero-order chi connectivity index (χ0) is 19.1. The summed E-state index contributed by atoms with van der Waals surface area (Å²) in [6, 6.07) is 10.7. The van der Waals surface area contributed by atoms with Crippen molar-refractivity contribution in [2.45, 2.75) is 20.8 Å². The molecule has 1 amide bonds. The van der Waals surface area contributed by atoms with Crippen molar-refractivity contribution in [2.24, 2.45) is 11.8 Å². The van der Waals surface area contributed by atoms with Crippen LogP contribution < -0.4 is 5.32 Å². The van der Waals surface area contributed by atoms with E-state index < -0.39 is 0 Å². The number of fused-ring (bicyclic) bond motifs is 2. The smallest absolute Gasteiger partial charge is 0.228 e. The third-order valence-corrected chi connectivity index (χ3v) is 5.78. The lowest BCUT2D eigenvalue weighted by Gasteiger charge is -2.14. The molecule has 138 valence electrons. The summed E-state index contributed by atoms with van der Waals surface area (Å²) in [5.74, 6) is -0.0655. The molecule has 0 aliphatic carbocycles. The lowest BCUT2D eigenvalue weighted by atomic mass is 9.97. The third kappa shape index (κ3) is 3.19. The summed E-state index contributed by atoms with van der Waals surface area (Å²) in [6.07, 6.45) is 1.37. The van der Waals surface area contributed by atoms with Gasteiger partial charge in [-0.15, -0.1) is 11.3 Å². The minimum atomic E-state index is -0.379. The minimum absolute atomic E-state index is 0.115. The fourth-order valence-electron chi connectivity index (χ4n) is 2.82. The number of hydrogen-bond donors (Lipinski definition) is 1. The largest absolute Gasteiger partial charge is 0.309 e. The first-order chi connectivity index (χ1) is 12.9. The summed E-state index contributed by atoms with van der Waals surface area (Å²) in [6.45, 7) is 5.88. The Kier molecular flexibility index (Phi) is 4.39. The van der Waals surface area contributed by atoms with E-state index >= 15 is 0 Å². The number of anilines is 1. The van der Waals surface area contributed by atoms with E-state index in [0.29, 0.717) is 22.2 Å². The zero-order valence-corrected chi connectivity index (χ0v) is 16.0. The number of nitrogens with zero attached hydrogens (tertiary/aromatic N) is 3. The van der Waals surface area contributed by atoms with E-state index in [1.54, 1.807) is 10.5 Å². The van der Waals surface area contributed by atoms with Crippen LogP contribution in [0.4, 0.5) is 10.2 Å². The number of aromatic nitrogens is 3. The highest BCUT2D eigenvalue weighted by Gasteiger charge is 2.23. The van der Waals surface area contributed by atoms with Gasteiger partial charge in [0.05, 0.1) is 10.2 Å². The van der Waals surface area contributed by atoms with Crippen molar-refractivity contribution in [1.29, 1.82) is 0 Å². The van der Waals surface area contributed by atoms with E-state index in [4.69, 9.17) is 0 Å².